The van der Waals surface area contributed by atoms with E-state index in [0.717, 1.165) is 0 Å². The number of hydrogen-bond acceptors (Lipinski definition) is 4. The Hall–Kier alpha value is -3.26. The van der Waals surface area contributed by atoms with E-state index in [-0.39, 0.29) is 35.0 Å². The van der Waals surface area contributed by atoms with Crippen molar-refractivity contribution in [1.82, 2.24) is 0 Å². The molecular formula is C17H13NO4. The minimum Gasteiger partial charge on any atom is -0.480 e. The smallest absolute Gasteiger partial charge is 0.335 e. The van der Waals surface area contributed by atoms with E-state index in [2.05, 4.69) is 5.92 Å². The third-order valence-corrected chi connectivity index (χ3v) is 2.95. The molecule has 0 radical (unpaired) electrons. The first-order valence-corrected chi connectivity index (χ1v) is 6.37. The van der Waals surface area contributed by atoms with Crippen LogP contribution in [0.4, 0.5) is 5.69 Å². The fourth-order valence-corrected chi connectivity index (χ4v) is 1.97. The van der Waals surface area contributed by atoms with Gasteiger partial charge in [0.05, 0.1) is 11.1 Å². The molecule has 0 aromatic heterocycles. The van der Waals surface area contributed by atoms with Crippen LogP contribution >= 0.6 is 0 Å². The van der Waals surface area contributed by atoms with E-state index in [1.165, 1.54) is 12.1 Å². The van der Waals surface area contributed by atoms with Crippen molar-refractivity contribution in [3.8, 4) is 18.1 Å². The van der Waals surface area contributed by atoms with Gasteiger partial charge in [-0.3, -0.25) is 4.79 Å². The minimum atomic E-state index is -1.17. The number of hydrogen-bond donors (Lipinski definition) is 2. The summed E-state index contributed by atoms with van der Waals surface area (Å²) < 4.78 is 5.30. The Balaban J connectivity index is 2.56. The van der Waals surface area contributed by atoms with Crippen LogP contribution in [0.3, 0.4) is 0 Å². The van der Waals surface area contributed by atoms with Crippen molar-refractivity contribution in [2.24, 2.45) is 0 Å². The summed E-state index contributed by atoms with van der Waals surface area (Å²) in [6.07, 6.45) is 5.14. The molecule has 5 heteroatoms. The van der Waals surface area contributed by atoms with Gasteiger partial charge in [-0.25, -0.2) is 4.79 Å². The van der Waals surface area contributed by atoms with Crippen molar-refractivity contribution in [1.29, 1.82) is 0 Å². The number of ether oxygens (including phenoxy) is 1. The van der Waals surface area contributed by atoms with Crippen LogP contribution < -0.4 is 10.5 Å². The topological polar surface area (TPSA) is 89.6 Å². The van der Waals surface area contributed by atoms with Crippen LogP contribution in [0.1, 0.15) is 26.3 Å². The maximum absolute atomic E-state index is 12.6. The van der Waals surface area contributed by atoms with Gasteiger partial charge in [0.15, 0.2) is 5.78 Å². The molecule has 0 aliphatic rings. The van der Waals surface area contributed by atoms with Gasteiger partial charge in [-0.2, -0.15) is 0 Å². The average molecular weight is 295 g/mol. The Labute approximate surface area is 127 Å². The zero-order valence-corrected chi connectivity index (χ0v) is 11.6. The van der Waals surface area contributed by atoms with Gasteiger partial charge in [-0.05, 0) is 12.1 Å². The molecule has 5 nitrogen and oxygen atoms in total. The quantitative estimate of drug-likeness (QED) is 0.501. The predicted octanol–water partition coefficient (Wildman–Crippen LogP) is 2.21. The van der Waals surface area contributed by atoms with E-state index in [1.54, 1.807) is 30.3 Å². The van der Waals surface area contributed by atoms with Gasteiger partial charge in [-0.15, -0.1) is 6.42 Å². The molecule has 3 N–H and O–H groups in total. The maximum Gasteiger partial charge on any atom is 0.335 e. The number of carboxylic acid groups (broad SMARTS) is 1. The van der Waals surface area contributed by atoms with Crippen molar-refractivity contribution < 1.29 is 19.4 Å². The van der Waals surface area contributed by atoms with Gasteiger partial charge in [0.2, 0.25) is 0 Å². The number of aromatic carboxylic acids is 1. The second-order valence-electron chi connectivity index (χ2n) is 4.43. The molecule has 0 heterocycles. The Morgan fingerprint density at radius 2 is 1.86 bits per heavy atom. The summed E-state index contributed by atoms with van der Waals surface area (Å²) in [6.45, 7) is -0.0996. The normalized spacial score (nSPS) is 9.77. The summed E-state index contributed by atoms with van der Waals surface area (Å²) in [5.41, 5.74) is 6.33. The number of carboxylic acids is 1. The van der Waals surface area contributed by atoms with Crippen molar-refractivity contribution >= 4 is 17.4 Å². The average Bonchev–Trinajstić information content (AvgIpc) is 2.52. The number of terminal acetylenes is 1. The van der Waals surface area contributed by atoms with Crippen LogP contribution in [0.15, 0.2) is 42.5 Å². The molecule has 0 spiro atoms. The summed E-state index contributed by atoms with van der Waals surface area (Å²) in [4.78, 5) is 23.7. The number of anilines is 1. The van der Waals surface area contributed by atoms with Gasteiger partial charge >= 0.3 is 5.97 Å². The SMILES string of the molecule is C#CCOc1cc(C(=O)O)cc(N)c1C(=O)c1ccccc1. The molecule has 0 saturated carbocycles. The van der Waals surface area contributed by atoms with Gasteiger partial charge in [0.25, 0.3) is 0 Å². The highest BCUT2D eigenvalue weighted by atomic mass is 16.5. The van der Waals surface area contributed by atoms with Gasteiger partial charge in [0.1, 0.15) is 12.4 Å². The predicted molar refractivity (Wildman–Crippen MR) is 82.0 cm³/mol. The Kier molecular flexibility index (Phi) is 4.44. The Morgan fingerprint density at radius 1 is 1.18 bits per heavy atom. The third kappa shape index (κ3) is 3.07. The lowest BCUT2D eigenvalue weighted by molar-refractivity contribution is 0.0696. The zero-order chi connectivity index (χ0) is 16.1. The summed E-state index contributed by atoms with van der Waals surface area (Å²) >= 11 is 0. The molecule has 0 aliphatic heterocycles. The van der Waals surface area contributed by atoms with Crippen molar-refractivity contribution in [3.63, 3.8) is 0 Å². The lowest BCUT2D eigenvalue weighted by Gasteiger charge is -2.13. The fraction of sp³-hybridized carbons (Fsp3) is 0.0588. The van der Waals surface area contributed by atoms with Crippen LogP contribution in [0.5, 0.6) is 5.75 Å². The number of ketones is 1. The molecule has 2 rings (SSSR count). The summed E-state index contributed by atoms with van der Waals surface area (Å²) in [6, 6.07) is 11.0. The van der Waals surface area contributed by atoms with E-state index >= 15 is 0 Å². The highest BCUT2D eigenvalue weighted by Gasteiger charge is 2.21. The molecule has 0 bridgehead atoms. The summed E-state index contributed by atoms with van der Waals surface area (Å²) in [7, 11) is 0. The highest BCUT2D eigenvalue weighted by Crippen LogP contribution is 2.29. The zero-order valence-electron chi connectivity index (χ0n) is 11.6. The number of nitrogens with two attached hydrogens (primary N) is 1. The van der Waals surface area contributed by atoms with E-state index in [1.807, 2.05) is 0 Å². The molecule has 110 valence electrons. The minimum absolute atomic E-state index is 0.0285. The van der Waals surface area contributed by atoms with Crippen LogP contribution in [0.2, 0.25) is 0 Å². The van der Waals surface area contributed by atoms with E-state index in [9.17, 15) is 9.59 Å². The maximum atomic E-state index is 12.6. The number of carbonyl (C=O) groups is 2. The van der Waals surface area contributed by atoms with E-state index in [0.29, 0.717) is 5.56 Å². The number of carbonyl (C=O) groups excluding carboxylic acids is 1. The van der Waals surface area contributed by atoms with Crippen LogP contribution in [-0.2, 0) is 0 Å². The molecule has 0 aliphatic carbocycles. The molecule has 0 fully saturated rings. The summed E-state index contributed by atoms with van der Waals surface area (Å²) in [5, 5.41) is 9.07. The molecule has 2 aromatic carbocycles. The number of rotatable bonds is 5. The number of nitrogen functional groups attached to an aromatic ring is 1. The second-order valence-corrected chi connectivity index (χ2v) is 4.43. The van der Waals surface area contributed by atoms with E-state index in [4.69, 9.17) is 22.0 Å². The lowest BCUT2D eigenvalue weighted by atomic mass is 9.99. The molecule has 0 unspecified atom stereocenters. The van der Waals surface area contributed by atoms with Crippen LogP contribution in [0.25, 0.3) is 0 Å². The Morgan fingerprint density at radius 3 is 2.45 bits per heavy atom. The monoisotopic (exact) mass is 295 g/mol. The standard InChI is InChI=1S/C17H13NO4/c1-2-8-22-14-10-12(17(20)21)9-13(18)15(14)16(19)11-6-4-3-5-7-11/h1,3-7,9-10H,8,18H2,(H,20,21). The molecule has 0 atom stereocenters. The lowest BCUT2D eigenvalue weighted by Crippen LogP contribution is -2.11. The fourth-order valence-electron chi connectivity index (χ4n) is 1.97. The first-order valence-electron chi connectivity index (χ1n) is 6.37. The van der Waals surface area contributed by atoms with E-state index < -0.39 is 5.97 Å². The van der Waals surface area contributed by atoms with Gasteiger partial charge < -0.3 is 15.6 Å². The van der Waals surface area contributed by atoms with Crippen molar-refractivity contribution in [3.05, 3.63) is 59.2 Å². The van der Waals surface area contributed by atoms with Gasteiger partial charge in [-0.1, -0.05) is 36.3 Å². The molecule has 22 heavy (non-hydrogen) atoms. The molecular weight excluding hydrogens is 282 g/mol. The first-order chi connectivity index (χ1) is 10.5. The molecule has 0 saturated heterocycles. The van der Waals surface area contributed by atoms with Crippen molar-refractivity contribution in [2.75, 3.05) is 12.3 Å². The highest BCUT2D eigenvalue weighted by molar-refractivity contribution is 6.14. The first kappa shape index (κ1) is 15.1. The van der Waals surface area contributed by atoms with Crippen LogP contribution in [0, 0.1) is 12.3 Å². The molecule has 0 amide bonds. The van der Waals surface area contributed by atoms with Crippen LogP contribution in [-0.4, -0.2) is 23.5 Å². The third-order valence-electron chi connectivity index (χ3n) is 2.95. The van der Waals surface area contributed by atoms with Gasteiger partial charge in [0, 0.05) is 11.3 Å². The molecule has 2 aromatic rings. The Bertz CT molecular complexity index is 760. The summed E-state index contributed by atoms with van der Waals surface area (Å²) in [5.74, 6) is 0.798. The largest absolute Gasteiger partial charge is 0.480 e. The number of benzene rings is 2. The second kappa shape index (κ2) is 6.46. The van der Waals surface area contributed by atoms with Crippen molar-refractivity contribution in [2.45, 2.75) is 0 Å².